The Hall–Kier alpha value is -2.00. The average Bonchev–Trinajstić information content (AvgIpc) is 2.99. The lowest BCUT2D eigenvalue weighted by atomic mass is 10.1. The molecule has 0 radical (unpaired) electrons. The van der Waals surface area contributed by atoms with Gasteiger partial charge in [-0.2, -0.15) is 0 Å². The molecular weight excluding hydrogens is 293 g/mol. The van der Waals surface area contributed by atoms with Gasteiger partial charge in [-0.3, -0.25) is 0 Å². The highest BCUT2D eigenvalue weighted by molar-refractivity contribution is 7.98. The topological polar surface area (TPSA) is 4.93 Å². The van der Waals surface area contributed by atoms with Crippen LogP contribution >= 0.6 is 11.8 Å². The average molecular weight is 311 g/mol. The minimum absolute atomic E-state index is 0.207. The molecule has 0 spiro atoms. The van der Waals surface area contributed by atoms with Gasteiger partial charge in [0.25, 0.3) is 0 Å². The Morgan fingerprint density at radius 1 is 0.909 bits per heavy atom. The van der Waals surface area contributed by atoms with Crippen LogP contribution in [-0.2, 0) is 6.42 Å². The molecule has 1 aromatic heterocycles. The van der Waals surface area contributed by atoms with Gasteiger partial charge in [-0.25, -0.2) is 4.39 Å². The van der Waals surface area contributed by atoms with Crippen molar-refractivity contribution >= 4 is 11.8 Å². The molecule has 0 saturated carbocycles. The van der Waals surface area contributed by atoms with Gasteiger partial charge in [0.1, 0.15) is 5.82 Å². The van der Waals surface area contributed by atoms with E-state index in [-0.39, 0.29) is 5.82 Å². The number of thioether (sulfide) groups is 1. The van der Waals surface area contributed by atoms with Gasteiger partial charge in [0.05, 0.1) is 5.69 Å². The monoisotopic (exact) mass is 311 g/mol. The highest BCUT2D eigenvalue weighted by Gasteiger charge is 2.11. The molecule has 0 amide bonds. The van der Waals surface area contributed by atoms with Crippen molar-refractivity contribution in [2.75, 3.05) is 6.26 Å². The molecule has 3 heteroatoms. The number of benzene rings is 2. The molecule has 0 aliphatic heterocycles. The molecule has 1 heterocycles. The summed E-state index contributed by atoms with van der Waals surface area (Å²) in [5, 5.41) is 0. The molecule has 112 valence electrons. The number of hydrogen-bond donors (Lipinski definition) is 0. The van der Waals surface area contributed by atoms with Gasteiger partial charge >= 0.3 is 0 Å². The molecule has 3 aromatic rings. The number of aryl methyl sites for hydroxylation is 1. The maximum absolute atomic E-state index is 13.2. The number of halogens is 1. The molecule has 0 atom stereocenters. The van der Waals surface area contributed by atoms with Crippen molar-refractivity contribution in [3.8, 4) is 16.9 Å². The zero-order chi connectivity index (χ0) is 15.5. The van der Waals surface area contributed by atoms with Crippen molar-refractivity contribution in [2.45, 2.75) is 18.2 Å². The summed E-state index contributed by atoms with van der Waals surface area (Å²) in [7, 11) is 0. The van der Waals surface area contributed by atoms with Gasteiger partial charge in [-0.05, 0) is 78.9 Å². The van der Waals surface area contributed by atoms with E-state index in [2.05, 4.69) is 54.1 Å². The molecule has 2 aromatic carbocycles. The third-order valence-corrected chi connectivity index (χ3v) is 4.54. The van der Waals surface area contributed by atoms with Crippen LogP contribution in [0.25, 0.3) is 16.9 Å². The molecule has 0 aliphatic carbocycles. The van der Waals surface area contributed by atoms with Crippen LogP contribution in [0.3, 0.4) is 0 Å². The first kappa shape index (κ1) is 14.9. The highest BCUT2D eigenvalue weighted by Crippen LogP contribution is 2.28. The first-order valence-corrected chi connectivity index (χ1v) is 8.56. The molecule has 0 unspecified atom stereocenters. The van der Waals surface area contributed by atoms with Gasteiger partial charge in [0.15, 0.2) is 0 Å². The van der Waals surface area contributed by atoms with Crippen LogP contribution < -0.4 is 0 Å². The Labute approximate surface area is 134 Å². The van der Waals surface area contributed by atoms with Crippen molar-refractivity contribution < 1.29 is 4.39 Å². The highest BCUT2D eigenvalue weighted by atomic mass is 32.2. The van der Waals surface area contributed by atoms with E-state index >= 15 is 0 Å². The summed E-state index contributed by atoms with van der Waals surface area (Å²) in [5.41, 5.74) is 4.50. The van der Waals surface area contributed by atoms with E-state index in [4.69, 9.17) is 0 Å². The van der Waals surface area contributed by atoms with Crippen LogP contribution in [0.4, 0.5) is 4.39 Å². The van der Waals surface area contributed by atoms with Crippen molar-refractivity contribution in [1.82, 2.24) is 4.57 Å². The number of hydrogen-bond acceptors (Lipinski definition) is 1. The SMILES string of the molecule is CCc1ccc(-c2ccc(F)cc2)n1-c1ccc(SC)cc1. The maximum Gasteiger partial charge on any atom is 0.123 e. The Kier molecular flexibility index (Phi) is 4.34. The summed E-state index contributed by atoms with van der Waals surface area (Å²) < 4.78 is 15.4. The molecule has 3 rings (SSSR count). The first-order valence-electron chi connectivity index (χ1n) is 7.34. The lowest BCUT2D eigenvalue weighted by molar-refractivity contribution is 0.628. The van der Waals surface area contributed by atoms with Crippen LogP contribution in [0.2, 0.25) is 0 Å². The summed E-state index contributed by atoms with van der Waals surface area (Å²) in [6.07, 6.45) is 3.03. The third-order valence-electron chi connectivity index (χ3n) is 3.79. The summed E-state index contributed by atoms with van der Waals surface area (Å²) in [6, 6.07) is 19.5. The molecule has 0 fully saturated rings. The fraction of sp³-hybridized carbons (Fsp3) is 0.158. The smallest absolute Gasteiger partial charge is 0.123 e. The van der Waals surface area contributed by atoms with E-state index < -0.39 is 0 Å². The second-order valence-corrected chi connectivity index (χ2v) is 5.98. The molecule has 1 nitrogen and oxygen atoms in total. The Morgan fingerprint density at radius 2 is 1.59 bits per heavy atom. The molecule has 0 aliphatic rings. The van der Waals surface area contributed by atoms with Gasteiger partial charge in [-0.15, -0.1) is 11.8 Å². The Balaban J connectivity index is 2.12. The van der Waals surface area contributed by atoms with Crippen molar-refractivity contribution in [2.24, 2.45) is 0 Å². The molecule has 0 saturated heterocycles. The Bertz CT molecular complexity index is 757. The van der Waals surface area contributed by atoms with Crippen molar-refractivity contribution in [3.63, 3.8) is 0 Å². The van der Waals surface area contributed by atoms with E-state index in [1.165, 1.54) is 22.7 Å². The fourth-order valence-electron chi connectivity index (χ4n) is 2.64. The zero-order valence-corrected chi connectivity index (χ0v) is 13.5. The summed E-state index contributed by atoms with van der Waals surface area (Å²) in [6.45, 7) is 2.15. The van der Waals surface area contributed by atoms with Crippen molar-refractivity contribution in [3.05, 3.63) is 72.2 Å². The Morgan fingerprint density at radius 3 is 2.18 bits per heavy atom. The van der Waals surface area contributed by atoms with E-state index in [0.29, 0.717) is 0 Å². The van der Waals surface area contributed by atoms with Crippen LogP contribution in [0.1, 0.15) is 12.6 Å². The number of aromatic nitrogens is 1. The molecule has 0 bridgehead atoms. The van der Waals surface area contributed by atoms with Crippen LogP contribution in [-0.4, -0.2) is 10.8 Å². The quantitative estimate of drug-likeness (QED) is 0.570. The van der Waals surface area contributed by atoms with Gasteiger partial charge < -0.3 is 4.57 Å². The second-order valence-electron chi connectivity index (χ2n) is 5.10. The summed E-state index contributed by atoms with van der Waals surface area (Å²) in [5.74, 6) is -0.207. The van der Waals surface area contributed by atoms with Crippen LogP contribution in [0.5, 0.6) is 0 Å². The minimum atomic E-state index is -0.207. The lowest BCUT2D eigenvalue weighted by Gasteiger charge is -2.14. The second kappa shape index (κ2) is 6.41. The third kappa shape index (κ3) is 2.81. The fourth-order valence-corrected chi connectivity index (χ4v) is 3.05. The predicted octanol–water partition coefficient (Wildman–Crippen LogP) is 5.57. The molecular formula is C19H18FNS. The summed E-state index contributed by atoms with van der Waals surface area (Å²) in [4.78, 5) is 1.25. The standard InChI is InChI=1S/C19H18FNS/c1-3-16-10-13-19(14-4-6-15(20)7-5-14)21(16)17-8-11-18(22-2)12-9-17/h4-13H,3H2,1-2H3. The molecule has 0 N–H and O–H groups in total. The lowest BCUT2D eigenvalue weighted by Crippen LogP contribution is -2.01. The van der Waals surface area contributed by atoms with E-state index in [0.717, 1.165) is 23.4 Å². The van der Waals surface area contributed by atoms with Crippen molar-refractivity contribution in [1.29, 1.82) is 0 Å². The summed E-state index contributed by atoms with van der Waals surface area (Å²) >= 11 is 1.74. The van der Waals surface area contributed by atoms with Gasteiger partial charge in [-0.1, -0.05) is 6.92 Å². The predicted molar refractivity (Wildman–Crippen MR) is 92.3 cm³/mol. The van der Waals surface area contributed by atoms with E-state index in [1.807, 2.05) is 12.1 Å². The first-order chi connectivity index (χ1) is 10.7. The van der Waals surface area contributed by atoms with E-state index in [1.54, 1.807) is 11.8 Å². The maximum atomic E-state index is 13.2. The van der Waals surface area contributed by atoms with Gasteiger partial charge in [0.2, 0.25) is 0 Å². The zero-order valence-electron chi connectivity index (χ0n) is 12.7. The normalized spacial score (nSPS) is 10.9. The largest absolute Gasteiger partial charge is 0.314 e. The number of nitrogens with zero attached hydrogens (tertiary/aromatic N) is 1. The van der Waals surface area contributed by atoms with E-state index in [9.17, 15) is 4.39 Å². The van der Waals surface area contributed by atoms with Gasteiger partial charge in [0, 0.05) is 16.3 Å². The molecule has 22 heavy (non-hydrogen) atoms. The number of rotatable bonds is 4. The van der Waals surface area contributed by atoms with Crippen LogP contribution in [0, 0.1) is 5.82 Å². The minimum Gasteiger partial charge on any atom is -0.314 e. The van der Waals surface area contributed by atoms with Crippen LogP contribution in [0.15, 0.2) is 65.6 Å².